The summed E-state index contributed by atoms with van der Waals surface area (Å²) in [6.45, 7) is 9.51. The van der Waals surface area contributed by atoms with Gasteiger partial charge in [-0.15, -0.1) is 5.10 Å². The number of halogens is 1. The smallest absolute Gasteiger partial charge is 0.298 e. The van der Waals surface area contributed by atoms with E-state index in [1.54, 1.807) is 6.07 Å². The van der Waals surface area contributed by atoms with Gasteiger partial charge in [-0.3, -0.25) is 0 Å². The summed E-state index contributed by atoms with van der Waals surface area (Å²) in [7, 11) is 0. The van der Waals surface area contributed by atoms with Crippen LogP contribution in [0.3, 0.4) is 0 Å². The Morgan fingerprint density at radius 1 is 0.962 bits per heavy atom. The molecule has 0 unspecified atom stereocenters. The molecule has 3 heterocycles. The van der Waals surface area contributed by atoms with Crippen molar-refractivity contribution in [3.8, 4) is 0 Å². The summed E-state index contributed by atoms with van der Waals surface area (Å²) in [5.41, 5.74) is 2.13. The second kappa shape index (κ2) is 6.23. The van der Waals surface area contributed by atoms with E-state index in [4.69, 9.17) is 4.42 Å². The summed E-state index contributed by atoms with van der Waals surface area (Å²) < 4.78 is 19.0. The fourth-order valence-electron chi connectivity index (χ4n) is 3.04. The number of piperazine rings is 1. The molecule has 0 aliphatic carbocycles. The summed E-state index contributed by atoms with van der Waals surface area (Å²) in [6, 6.07) is 9.02. The molecule has 2 aromatic heterocycles. The zero-order chi connectivity index (χ0) is 18.3. The lowest BCUT2D eigenvalue weighted by atomic mass is 9.92. The fourth-order valence-corrected chi connectivity index (χ4v) is 3.04. The van der Waals surface area contributed by atoms with Gasteiger partial charge in [-0.2, -0.15) is 10.1 Å². The van der Waals surface area contributed by atoms with Gasteiger partial charge in [0.2, 0.25) is 0 Å². The van der Waals surface area contributed by atoms with E-state index in [2.05, 4.69) is 45.8 Å². The van der Waals surface area contributed by atoms with Gasteiger partial charge in [-0.1, -0.05) is 20.8 Å². The molecule has 0 bridgehead atoms. The molecule has 7 heteroatoms. The number of rotatable bonds is 2. The fraction of sp³-hybridized carbons (Fsp3) is 0.421. The quantitative estimate of drug-likeness (QED) is 0.702. The maximum Gasteiger partial charge on any atom is 0.298 e. The van der Waals surface area contributed by atoms with Crippen LogP contribution < -0.4 is 9.80 Å². The number of nitrogens with zero attached hydrogens (tertiary/aromatic N) is 5. The monoisotopic (exact) mass is 355 g/mol. The predicted octanol–water partition coefficient (Wildman–Crippen LogP) is 3.38. The molecule has 0 spiro atoms. The van der Waals surface area contributed by atoms with Crippen LogP contribution in [0, 0.1) is 5.82 Å². The molecule has 1 aliphatic heterocycles. The Balaban J connectivity index is 1.44. The summed E-state index contributed by atoms with van der Waals surface area (Å²) in [5.74, 6) is 0.569. The first-order valence-corrected chi connectivity index (χ1v) is 8.80. The summed E-state index contributed by atoms with van der Waals surface area (Å²) in [4.78, 5) is 8.74. The van der Waals surface area contributed by atoms with Gasteiger partial charge in [0.15, 0.2) is 11.4 Å². The highest BCUT2D eigenvalue weighted by Crippen LogP contribution is 2.25. The van der Waals surface area contributed by atoms with Crippen LogP contribution in [-0.4, -0.2) is 41.4 Å². The summed E-state index contributed by atoms with van der Waals surface area (Å²) in [6.07, 6.45) is 0. The van der Waals surface area contributed by atoms with Gasteiger partial charge in [0.05, 0.1) is 5.69 Å². The zero-order valence-corrected chi connectivity index (χ0v) is 15.2. The number of oxazole rings is 1. The molecule has 1 aromatic carbocycles. The van der Waals surface area contributed by atoms with E-state index in [1.165, 1.54) is 12.1 Å². The second-order valence-electron chi connectivity index (χ2n) is 7.61. The molecule has 0 atom stereocenters. The van der Waals surface area contributed by atoms with E-state index in [9.17, 15) is 4.39 Å². The van der Waals surface area contributed by atoms with Gasteiger partial charge < -0.3 is 14.2 Å². The zero-order valence-electron chi connectivity index (χ0n) is 15.2. The van der Waals surface area contributed by atoms with Crippen molar-refractivity contribution in [3.05, 3.63) is 41.8 Å². The first kappa shape index (κ1) is 16.8. The minimum absolute atomic E-state index is 0.00331. The number of anilines is 2. The van der Waals surface area contributed by atoms with E-state index in [1.807, 2.05) is 12.1 Å². The molecule has 26 heavy (non-hydrogen) atoms. The van der Waals surface area contributed by atoms with Crippen LogP contribution in [-0.2, 0) is 5.41 Å². The highest BCUT2D eigenvalue weighted by molar-refractivity contribution is 5.74. The van der Waals surface area contributed by atoms with Gasteiger partial charge in [-0.05, 0) is 24.3 Å². The molecule has 1 saturated heterocycles. The largest absolute Gasteiger partial charge is 0.423 e. The summed E-state index contributed by atoms with van der Waals surface area (Å²) >= 11 is 0. The average molecular weight is 355 g/mol. The Morgan fingerprint density at radius 2 is 1.69 bits per heavy atom. The van der Waals surface area contributed by atoms with Crippen molar-refractivity contribution in [2.45, 2.75) is 26.2 Å². The maximum absolute atomic E-state index is 13.3. The Hall–Kier alpha value is -2.70. The maximum atomic E-state index is 13.3. The molecule has 136 valence electrons. The molecule has 6 nitrogen and oxygen atoms in total. The Labute approximate surface area is 151 Å². The van der Waals surface area contributed by atoms with Crippen molar-refractivity contribution < 1.29 is 8.81 Å². The number of hydrogen-bond donors (Lipinski definition) is 0. The van der Waals surface area contributed by atoms with E-state index in [0.717, 1.165) is 37.7 Å². The van der Waals surface area contributed by atoms with E-state index in [-0.39, 0.29) is 11.2 Å². The average Bonchev–Trinajstić information content (AvgIpc) is 3.04. The van der Waals surface area contributed by atoms with Gasteiger partial charge in [-0.25, -0.2) is 4.39 Å². The molecular formula is C19H22FN5O. The van der Waals surface area contributed by atoms with Gasteiger partial charge >= 0.3 is 0 Å². The molecule has 1 fully saturated rings. The Morgan fingerprint density at radius 3 is 2.35 bits per heavy atom. The number of benzene rings is 1. The third-order valence-electron chi connectivity index (χ3n) is 4.63. The highest BCUT2D eigenvalue weighted by Gasteiger charge is 2.23. The highest BCUT2D eigenvalue weighted by atomic mass is 19.1. The molecule has 0 radical (unpaired) electrons. The first-order chi connectivity index (χ1) is 12.4. The topological polar surface area (TPSA) is 58.3 Å². The third-order valence-corrected chi connectivity index (χ3v) is 4.63. The van der Waals surface area contributed by atoms with Gasteiger partial charge in [0.25, 0.3) is 6.01 Å². The number of hydrogen-bond acceptors (Lipinski definition) is 6. The van der Waals surface area contributed by atoms with Crippen molar-refractivity contribution >= 4 is 22.9 Å². The van der Waals surface area contributed by atoms with Crippen molar-refractivity contribution in [2.75, 3.05) is 36.0 Å². The van der Waals surface area contributed by atoms with Crippen molar-refractivity contribution in [3.63, 3.8) is 0 Å². The van der Waals surface area contributed by atoms with Gasteiger partial charge in [0, 0.05) is 37.7 Å². The van der Waals surface area contributed by atoms with E-state index < -0.39 is 0 Å². The van der Waals surface area contributed by atoms with Crippen LogP contribution in [0.4, 0.5) is 16.2 Å². The van der Waals surface area contributed by atoms with Crippen LogP contribution in [0.15, 0.2) is 34.7 Å². The van der Waals surface area contributed by atoms with Crippen LogP contribution in [0.25, 0.3) is 11.1 Å². The van der Waals surface area contributed by atoms with Gasteiger partial charge in [0.1, 0.15) is 11.3 Å². The molecule has 3 aromatic rings. The second-order valence-corrected chi connectivity index (χ2v) is 7.61. The normalized spacial score (nSPS) is 15.7. The molecule has 4 rings (SSSR count). The number of fused-ring (bicyclic) bond motifs is 1. The molecule has 1 aliphatic rings. The molecular weight excluding hydrogens is 333 g/mol. The molecule has 0 N–H and O–H groups in total. The van der Waals surface area contributed by atoms with Crippen LogP contribution in [0.1, 0.15) is 26.5 Å². The Bertz CT molecular complexity index is 908. The molecule has 0 saturated carbocycles. The molecule has 0 amide bonds. The lowest BCUT2D eigenvalue weighted by Crippen LogP contribution is -2.47. The third kappa shape index (κ3) is 3.21. The van der Waals surface area contributed by atoms with Crippen molar-refractivity contribution in [1.29, 1.82) is 0 Å². The van der Waals surface area contributed by atoms with E-state index in [0.29, 0.717) is 17.1 Å². The predicted molar refractivity (Wildman–Crippen MR) is 99.1 cm³/mol. The van der Waals surface area contributed by atoms with E-state index >= 15 is 0 Å². The minimum atomic E-state index is -0.317. The van der Waals surface area contributed by atoms with Crippen LogP contribution in [0.2, 0.25) is 0 Å². The Kier molecular flexibility index (Phi) is 4.01. The number of aromatic nitrogens is 3. The SMILES string of the molecule is CC(C)(C)c1ccc(N2CCN(c3nc4ccc(F)cc4o3)CC2)nn1. The first-order valence-electron chi connectivity index (χ1n) is 8.80. The van der Waals surface area contributed by atoms with Crippen molar-refractivity contribution in [2.24, 2.45) is 0 Å². The standard InChI is InChI=1S/C19H22FN5O/c1-19(2,3)16-6-7-17(23-22-16)24-8-10-25(11-9-24)18-21-14-5-4-13(20)12-15(14)26-18/h4-7,12H,8-11H2,1-3H3. The summed E-state index contributed by atoms with van der Waals surface area (Å²) in [5, 5.41) is 8.76. The van der Waals surface area contributed by atoms with Crippen LogP contribution in [0.5, 0.6) is 0 Å². The van der Waals surface area contributed by atoms with Crippen molar-refractivity contribution in [1.82, 2.24) is 15.2 Å². The minimum Gasteiger partial charge on any atom is -0.423 e. The van der Waals surface area contributed by atoms with Crippen LogP contribution >= 0.6 is 0 Å². The lowest BCUT2D eigenvalue weighted by Gasteiger charge is -2.34. The lowest BCUT2D eigenvalue weighted by molar-refractivity contribution is 0.534.